The minimum Gasteiger partial charge on any atom is -0.497 e. The fourth-order valence-electron chi connectivity index (χ4n) is 2.61. The number of hydrogen-bond donors (Lipinski definition) is 2. The van der Waals surface area contributed by atoms with Gasteiger partial charge in [-0.25, -0.2) is 8.42 Å². The van der Waals surface area contributed by atoms with Crippen LogP contribution in [-0.4, -0.2) is 44.4 Å². The zero-order valence-electron chi connectivity index (χ0n) is 15.4. The van der Waals surface area contributed by atoms with Gasteiger partial charge in [0.2, 0.25) is 9.84 Å². The average Bonchev–Trinajstić information content (AvgIpc) is 2.66. The predicted molar refractivity (Wildman–Crippen MR) is 99.3 cm³/mol. The van der Waals surface area contributed by atoms with E-state index in [0.29, 0.717) is 5.75 Å². The van der Waals surface area contributed by atoms with Crippen LogP contribution in [0.25, 0.3) is 0 Å². The van der Waals surface area contributed by atoms with Crippen LogP contribution in [-0.2, 0) is 16.3 Å². The van der Waals surface area contributed by atoms with Crippen LogP contribution in [0, 0.1) is 0 Å². The van der Waals surface area contributed by atoms with Crippen LogP contribution in [0.3, 0.4) is 0 Å². The van der Waals surface area contributed by atoms with Crippen LogP contribution in [0.5, 0.6) is 5.75 Å². The Morgan fingerprint density at radius 1 is 1.18 bits per heavy atom. The third kappa shape index (κ3) is 5.26. The Morgan fingerprint density at radius 2 is 1.79 bits per heavy atom. The minimum atomic E-state index is -4.93. The van der Waals surface area contributed by atoms with E-state index in [-0.39, 0.29) is 13.0 Å². The fourth-order valence-corrected chi connectivity index (χ4v) is 3.54. The maximum absolute atomic E-state index is 12.8. The van der Waals surface area contributed by atoms with Gasteiger partial charge in [0.25, 0.3) is 5.91 Å². The lowest BCUT2D eigenvalue weighted by Crippen LogP contribution is -2.42. The number of alkyl halides is 2. The SMILES string of the molecule is COc1ccc(CC(C)(O)CNC(=O)c2ccccc2S(=O)(=O)C(F)F)cc1. The fraction of sp³-hybridized carbons (Fsp3) is 0.316. The van der Waals surface area contributed by atoms with Crippen molar-refractivity contribution in [2.24, 2.45) is 0 Å². The Balaban J connectivity index is 2.11. The highest BCUT2D eigenvalue weighted by atomic mass is 32.2. The molecule has 9 heteroatoms. The van der Waals surface area contributed by atoms with Crippen molar-refractivity contribution >= 4 is 15.7 Å². The number of benzene rings is 2. The first kappa shape index (κ1) is 21.8. The van der Waals surface area contributed by atoms with E-state index in [1.807, 2.05) is 0 Å². The summed E-state index contributed by atoms with van der Waals surface area (Å²) < 4.78 is 54.3. The van der Waals surface area contributed by atoms with Crippen LogP contribution in [0.15, 0.2) is 53.4 Å². The quantitative estimate of drug-likeness (QED) is 0.693. The van der Waals surface area contributed by atoms with Gasteiger partial charge >= 0.3 is 5.76 Å². The Labute approximate surface area is 162 Å². The summed E-state index contributed by atoms with van der Waals surface area (Å²) in [6.45, 7) is 1.29. The van der Waals surface area contributed by atoms with Crippen molar-refractivity contribution in [2.75, 3.05) is 13.7 Å². The van der Waals surface area contributed by atoms with Gasteiger partial charge in [-0.05, 0) is 36.8 Å². The van der Waals surface area contributed by atoms with Crippen molar-refractivity contribution in [1.29, 1.82) is 0 Å². The highest BCUT2D eigenvalue weighted by molar-refractivity contribution is 7.91. The normalized spacial score (nSPS) is 13.8. The van der Waals surface area contributed by atoms with E-state index in [0.717, 1.165) is 17.7 Å². The number of carbonyl (C=O) groups is 1. The first-order valence-electron chi connectivity index (χ1n) is 8.31. The molecule has 0 aromatic heterocycles. The molecule has 152 valence electrons. The smallest absolute Gasteiger partial charge is 0.341 e. The monoisotopic (exact) mass is 413 g/mol. The molecule has 2 aromatic rings. The molecule has 1 unspecified atom stereocenters. The number of hydrogen-bond acceptors (Lipinski definition) is 5. The molecule has 2 aromatic carbocycles. The average molecular weight is 413 g/mol. The van der Waals surface area contributed by atoms with Crippen molar-refractivity contribution in [1.82, 2.24) is 5.32 Å². The number of amides is 1. The van der Waals surface area contributed by atoms with E-state index in [2.05, 4.69) is 5.32 Å². The molecule has 0 radical (unpaired) electrons. The number of methoxy groups -OCH3 is 1. The lowest BCUT2D eigenvalue weighted by molar-refractivity contribution is 0.0551. The Kier molecular flexibility index (Phi) is 6.73. The second kappa shape index (κ2) is 8.66. The van der Waals surface area contributed by atoms with Crippen LogP contribution >= 0.6 is 0 Å². The van der Waals surface area contributed by atoms with Gasteiger partial charge in [-0.15, -0.1) is 0 Å². The lowest BCUT2D eigenvalue weighted by atomic mass is 9.96. The number of nitrogens with one attached hydrogen (secondary N) is 1. The first-order chi connectivity index (χ1) is 13.1. The van der Waals surface area contributed by atoms with E-state index in [4.69, 9.17) is 4.74 Å². The van der Waals surface area contributed by atoms with Crippen molar-refractivity contribution in [3.05, 3.63) is 59.7 Å². The molecule has 0 heterocycles. The second-order valence-corrected chi connectivity index (χ2v) is 8.39. The van der Waals surface area contributed by atoms with Gasteiger partial charge in [0.15, 0.2) is 0 Å². The maximum Gasteiger partial charge on any atom is 0.341 e. The molecule has 6 nitrogen and oxygen atoms in total. The molecule has 0 saturated heterocycles. The molecule has 0 aliphatic rings. The molecule has 0 saturated carbocycles. The highest BCUT2D eigenvalue weighted by Crippen LogP contribution is 2.22. The number of aliphatic hydroxyl groups is 1. The third-order valence-corrected chi connectivity index (χ3v) is 5.48. The second-order valence-electron chi connectivity index (χ2n) is 6.51. The maximum atomic E-state index is 12.8. The van der Waals surface area contributed by atoms with Crippen molar-refractivity contribution in [3.63, 3.8) is 0 Å². The van der Waals surface area contributed by atoms with Gasteiger partial charge in [-0.3, -0.25) is 4.79 Å². The summed E-state index contributed by atoms with van der Waals surface area (Å²) in [7, 11) is -3.40. The Morgan fingerprint density at radius 3 is 2.36 bits per heavy atom. The van der Waals surface area contributed by atoms with Gasteiger partial charge in [0.1, 0.15) is 5.75 Å². The van der Waals surface area contributed by atoms with Crippen LogP contribution in [0.1, 0.15) is 22.8 Å². The summed E-state index contributed by atoms with van der Waals surface area (Å²) in [5, 5.41) is 12.9. The number of sulfone groups is 1. The van der Waals surface area contributed by atoms with E-state index >= 15 is 0 Å². The molecule has 2 rings (SSSR count). The van der Waals surface area contributed by atoms with Gasteiger partial charge in [0, 0.05) is 13.0 Å². The molecular weight excluding hydrogens is 392 g/mol. The van der Waals surface area contributed by atoms with Gasteiger partial charge < -0.3 is 15.2 Å². The number of ether oxygens (including phenoxy) is 1. The molecule has 2 N–H and O–H groups in total. The van der Waals surface area contributed by atoms with E-state index < -0.39 is 37.6 Å². The van der Waals surface area contributed by atoms with Gasteiger partial charge in [0.05, 0.1) is 23.2 Å². The summed E-state index contributed by atoms with van der Waals surface area (Å²) in [6, 6.07) is 11.7. The van der Waals surface area contributed by atoms with E-state index in [1.165, 1.54) is 26.2 Å². The third-order valence-electron chi connectivity index (χ3n) is 4.05. The summed E-state index contributed by atoms with van der Waals surface area (Å²) in [6.07, 6.45) is 0.203. The zero-order chi connectivity index (χ0) is 20.9. The standard InChI is InChI=1S/C19H21F2NO5S/c1-19(24,11-13-7-9-14(27-2)10-8-13)12-22-17(23)15-5-3-4-6-16(15)28(25,26)18(20)21/h3-10,18,24H,11-12H2,1-2H3,(H,22,23). The molecule has 0 aliphatic heterocycles. The van der Waals surface area contributed by atoms with Crippen molar-refractivity contribution in [3.8, 4) is 5.75 Å². The molecule has 0 spiro atoms. The van der Waals surface area contributed by atoms with E-state index in [1.54, 1.807) is 24.3 Å². The largest absolute Gasteiger partial charge is 0.497 e. The molecule has 1 atom stereocenters. The Bertz CT molecular complexity index is 928. The van der Waals surface area contributed by atoms with Gasteiger partial charge in [-0.2, -0.15) is 8.78 Å². The summed E-state index contributed by atoms with van der Waals surface area (Å²) >= 11 is 0. The molecule has 1 amide bonds. The van der Waals surface area contributed by atoms with Crippen LogP contribution < -0.4 is 10.1 Å². The molecule has 0 fully saturated rings. The number of halogens is 2. The summed E-state index contributed by atoms with van der Waals surface area (Å²) in [4.78, 5) is 11.6. The number of carbonyl (C=O) groups excluding carboxylic acids is 1. The van der Waals surface area contributed by atoms with Crippen LogP contribution in [0.2, 0.25) is 0 Å². The first-order valence-corrected chi connectivity index (χ1v) is 9.86. The Hall–Kier alpha value is -2.52. The van der Waals surface area contributed by atoms with E-state index in [9.17, 15) is 27.1 Å². The van der Waals surface area contributed by atoms with Crippen molar-refractivity contribution in [2.45, 2.75) is 29.6 Å². The van der Waals surface area contributed by atoms with Gasteiger partial charge in [-0.1, -0.05) is 24.3 Å². The number of rotatable bonds is 8. The zero-order valence-corrected chi connectivity index (χ0v) is 16.2. The molecule has 28 heavy (non-hydrogen) atoms. The molecule has 0 bridgehead atoms. The predicted octanol–water partition coefficient (Wildman–Crippen LogP) is 2.42. The molecular formula is C19H21F2NO5S. The molecule has 0 aliphatic carbocycles. The van der Waals surface area contributed by atoms with Crippen molar-refractivity contribution < 1.29 is 31.8 Å². The summed E-state index contributed by atoms with van der Waals surface area (Å²) in [5.74, 6) is -3.84. The lowest BCUT2D eigenvalue weighted by Gasteiger charge is -2.24. The summed E-state index contributed by atoms with van der Waals surface area (Å²) in [5.41, 5.74) is -0.954. The topological polar surface area (TPSA) is 92.7 Å². The van der Waals surface area contributed by atoms with Crippen LogP contribution in [0.4, 0.5) is 8.78 Å². The minimum absolute atomic E-state index is 0.203. The highest BCUT2D eigenvalue weighted by Gasteiger charge is 2.31.